The van der Waals surface area contributed by atoms with Crippen LogP contribution in [0.5, 0.6) is 0 Å². The third-order valence-electron chi connectivity index (χ3n) is 6.69. The summed E-state index contributed by atoms with van der Waals surface area (Å²) in [5.41, 5.74) is -0.192. The van der Waals surface area contributed by atoms with Crippen LogP contribution in [0.3, 0.4) is 0 Å². The van der Waals surface area contributed by atoms with E-state index in [1.165, 1.54) is 0 Å². The lowest BCUT2D eigenvalue weighted by Gasteiger charge is -2.60. The maximum absolute atomic E-state index is 11.8. The predicted molar refractivity (Wildman–Crippen MR) is 72.5 cm³/mol. The van der Waals surface area contributed by atoms with Crippen molar-refractivity contribution in [3.8, 4) is 0 Å². The molecule has 0 radical (unpaired) electrons. The van der Waals surface area contributed by atoms with Gasteiger partial charge in [-0.1, -0.05) is 20.8 Å². The van der Waals surface area contributed by atoms with Gasteiger partial charge in [0.25, 0.3) is 0 Å². The molecule has 19 heavy (non-hydrogen) atoms. The first-order valence-corrected chi connectivity index (χ1v) is 7.60. The van der Waals surface area contributed by atoms with Gasteiger partial charge in [0.1, 0.15) is 5.60 Å². The van der Waals surface area contributed by atoms with Crippen molar-refractivity contribution >= 4 is 5.97 Å². The van der Waals surface area contributed by atoms with Gasteiger partial charge in [0.2, 0.25) is 0 Å². The fraction of sp³-hybridized carbons (Fsp3) is 0.938. The van der Waals surface area contributed by atoms with Crippen LogP contribution in [0.25, 0.3) is 0 Å². The Bertz CT molecular complexity index is 416. The van der Waals surface area contributed by atoms with E-state index in [4.69, 9.17) is 4.74 Å². The van der Waals surface area contributed by atoms with Crippen molar-refractivity contribution < 1.29 is 14.6 Å². The van der Waals surface area contributed by atoms with Crippen LogP contribution >= 0.6 is 0 Å². The predicted octanol–water partition coefficient (Wildman–Crippen LogP) is 2.91. The zero-order valence-electron chi connectivity index (χ0n) is 12.5. The van der Waals surface area contributed by atoms with Gasteiger partial charge in [-0.05, 0) is 49.4 Å². The molecule has 1 heterocycles. The second kappa shape index (κ2) is 3.75. The number of hydrogen-bond acceptors (Lipinski definition) is 3. The van der Waals surface area contributed by atoms with Crippen LogP contribution in [0, 0.1) is 22.7 Å². The molecule has 0 amide bonds. The van der Waals surface area contributed by atoms with E-state index in [-0.39, 0.29) is 28.5 Å². The van der Waals surface area contributed by atoms with Gasteiger partial charge in [0.05, 0.1) is 12.5 Å². The lowest BCUT2D eigenvalue weighted by atomic mass is 9.45. The van der Waals surface area contributed by atoms with Gasteiger partial charge in [0, 0.05) is 5.92 Å². The maximum atomic E-state index is 11.8. The average Bonchev–Trinajstić information content (AvgIpc) is 2.61. The van der Waals surface area contributed by atoms with E-state index in [0.29, 0.717) is 18.3 Å². The Morgan fingerprint density at radius 2 is 1.79 bits per heavy atom. The third kappa shape index (κ3) is 1.63. The Kier molecular flexibility index (Phi) is 2.65. The third-order valence-corrected chi connectivity index (χ3v) is 6.69. The number of rotatable bonds is 0. The highest BCUT2D eigenvalue weighted by atomic mass is 16.6. The van der Waals surface area contributed by atoms with Crippen molar-refractivity contribution in [3.63, 3.8) is 0 Å². The second-order valence-corrected chi connectivity index (χ2v) is 8.02. The minimum absolute atomic E-state index is 0.0293. The highest BCUT2D eigenvalue weighted by molar-refractivity contribution is 5.73. The molecule has 5 atom stereocenters. The molecule has 2 aliphatic carbocycles. The van der Waals surface area contributed by atoms with E-state index in [1.54, 1.807) is 0 Å². The minimum atomic E-state index is -0.263. The van der Waals surface area contributed by atoms with Crippen LogP contribution in [-0.2, 0) is 9.53 Å². The highest BCUT2D eigenvalue weighted by Crippen LogP contribution is 2.64. The normalized spacial score (nSPS) is 52.3. The largest absolute Gasteiger partial charge is 0.459 e. The maximum Gasteiger partial charge on any atom is 0.306 e. The zero-order valence-corrected chi connectivity index (χ0v) is 12.5. The number of carbonyl (C=O) groups excluding carboxylic acids is 1. The van der Waals surface area contributed by atoms with E-state index in [2.05, 4.69) is 27.7 Å². The lowest BCUT2D eigenvalue weighted by Crippen LogP contribution is -2.59. The molecule has 3 fully saturated rings. The first kappa shape index (κ1) is 13.4. The van der Waals surface area contributed by atoms with Gasteiger partial charge in [-0.2, -0.15) is 0 Å². The number of fused-ring (bicyclic) bond motifs is 3. The molecule has 2 saturated carbocycles. The smallest absolute Gasteiger partial charge is 0.306 e. The standard InChI is InChI=1S/C16H26O3/c1-14(2)10-5-8-16(4)11(9-13(18)19-16)15(10,3)7-6-12(14)17/h10-12,17H,5-9H2,1-4H3/t10-,11+,12-,15-,16+/m1/s1. The topological polar surface area (TPSA) is 46.5 Å². The van der Waals surface area contributed by atoms with Crippen LogP contribution in [0.1, 0.15) is 59.8 Å². The quantitative estimate of drug-likeness (QED) is 0.686. The molecule has 1 aliphatic heterocycles. The molecule has 108 valence electrons. The number of carbonyl (C=O) groups is 1. The van der Waals surface area contributed by atoms with E-state index in [0.717, 1.165) is 25.7 Å². The molecule has 3 aliphatic rings. The minimum Gasteiger partial charge on any atom is -0.459 e. The summed E-state index contributed by atoms with van der Waals surface area (Å²) in [6.45, 7) is 8.83. The molecular weight excluding hydrogens is 240 g/mol. The first-order valence-electron chi connectivity index (χ1n) is 7.60. The molecule has 3 nitrogen and oxygen atoms in total. The summed E-state index contributed by atoms with van der Waals surface area (Å²) >= 11 is 0. The molecular formula is C16H26O3. The summed E-state index contributed by atoms with van der Waals surface area (Å²) < 4.78 is 5.66. The van der Waals surface area contributed by atoms with Crippen molar-refractivity contribution in [1.29, 1.82) is 0 Å². The van der Waals surface area contributed by atoms with E-state index < -0.39 is 0 Å². The Morgan fingerprint density at radius 3 is 2.47 bits per heavy atom. The molecule has 0 bridgehead atoms. The van der Waals surface area contributed by atoms with Crippen molar-refractivity contribution in [2.75, 3.05) is 0 Å². The second-order valence-electron chi connectivity index (χ2n) is 8.02. The van der Waals surface area contributed by atoms with Crippen LogP contribution in [0.4, 0.5) is 0 Å². The van der Waals surface area contributed by atoms with Gasteiger partial charge in [-0.15, -0.1) is 0 Å². The molecule has 3 rings (SSSR count). The van der Waals surface area contributed by atoms with E-state index in [1.807, 2.05) is 0 Å². The summed E-state index contributed by atoms with van der Waals surface area (Å²) in [6.07, 6.45) is 4.21. The molecule has 0 unspecified atom stereocenters. The van der Waals surface area contributed by atoms with Gasteiger partial charge < -0.3 is 9.84 Å². The summed E-state index contributed by atoms with van der Waals surface area (Å²) in [5, 5.41) is 10.3. The van der Waals surface area contributed by atoms with Crippen LogP contribution in [0.15, 0.2) is 0 Å². The molecule has 1 N–H and O–H groups in total. The first-order chi connectivity index (χ1) is 8.70. The Labute approximate surface area is 115 Å². The van der Waals surface area contributed by atoms with Gasteiger partial charge in [-0.3, -0.25) is 4.79 Å². The average molecular weight is 266 g/mol. The monoisotopic (exact) mass is 266 g/mol. The highest BCUT2D eigenvalue weighted by Gasteiger charge is 2.64. The van der Waals surface area contributed by atoms with Crippen LogP contribution < -0.4 is 0 Å². The molecule has 0 aromatic heterocycles. The van der Waals surface area contributed by atoms with Crippen molar-refractivity contribution in [3.05, 3.63) is 0 Å². The number of ether oxygens (including phenoxy) is 1. The number of aliphatic hydroxyl groups excluding tert-OH is 1. The SMILES string of the molecule is CC1(C)[C@H](O)CC[C@]2(C)[C@@H]1CC[C@]1(C)OC(=O)C[C@@H]21. The number of esters is 1. The zero-order chi connectivity index (χ0) is 14.1. The van der Waals surface area contributed by atoms with Gasteiger partial charge in [0.15, 0.2) is 0 Å². The fourth-order valence-corrected chi connectivity index (χ4v) is 5.54. The summed E-state index contributed by atoms with van der Waals surface area (Å²) in [7, 11) is 0. The summed E-state index contributed by atoms with van der Waals surface area (Å²) in [5.74, 6) is 0.771. The lowest BCUT2D eigenvalue weighted by molar-refractivity contribution is -0.183. The Morgan fingerprint density at radius 1 is 1.11 bits per heavy atom. The van der Waals surface area contributed by atoms with Crippen molar-refractivity contribution in [1.82, 2.24) is 0 Å². The molecule has 1 saturated heterocycles. The van der Waals surface area contributed by atoms with E-state index in [9.17, 15) is 9.90 Å². The van der Waals surface area contributed by atoms with Crippen molar-refractivity contribution in [2.24, 2.45) is 22.7 Å². The molecule has 0 aromatic rings. The summed E-state index contributed by atoms with van der Waals surface area (Å²) in [6, 6.07) is 0. The Balaban J connectivity index is 2.00. The molecule has 3 heteroatoms. The number of hydrogen-bond donors (Lipinski definition) is 1. The van der Waals surface area contributed by atoms with Gasteiger partial charge >= 0.3 is 5.97 Å². The summed E-state index contributed by atoms with van der Waals surface area (Å²) in [4.78, 5) is 11.8. The van der Waals surface area contributed by atoms with Crippen LogP contribution in [0.2, 0.25) is 0 Å². The van der Waals surface area contributed by atoms with E-state index >= 15 is 0 Å². The molecule has 0 spiro atoms. The van der Waals surface area contributed by atoms with Crippen LogP contribution in [-0.4, -0.2) is 22.8 Å². The Hall–Kier alpha value is -0.570. The van der Waals surface area contributed by atoms with Gasteiger partial charge in [-0.25, -0.2) is 0 Å². The fourth-order valence-electron chi connectivity index (χ4n) is 5.54. The molecule has 0 aromatic carbocycles. The van der Waals surface area contributed by atoms with Crippen molar-refractivity contribution in [2.45, 2.75) is 71.5 Å². The number of aliphatic hydroxyl groups is 1.